The van der Waals surface area contributed by atoms with Gasteiger partial charge in [0, 0.05) is 16.6 Å². The normalized spacial score (nSPS) is 10.1. The SMILES string of the molecule is CCCCC(=O)Nc1cc(C)cc(Br)c1. The monoisotopic (exact) mass is 269 g/mol. The average Bonchev–Trinajstić information content (AvgIpc) is 2.13. The minimum Gasteiger partial charge on any atom is -0.326 e. The molecule has 1 aromatic rings. The minimum absolute atomic E-state index is 0.0920. The van der Waals surface area contributed by atoms with E-state index in [1.807, 2.05) is 25.1 Å². The standard InChI is InChI=1S/C12H16BrNO/c1-3-4-5-12(15)14-11-7-9(2)6-10(13)8-11/h6-8H,3-5H2,1-2H3,(H,14,15). The number of unbranched alkanes of at least 4 members (excludes halogenated alkanes) is 1. The zero-order valence-electron chi connectivity index (χ0n) is 9.14. The van der Waals surface area contributed by atoms with Gasteiger partial charge in [0.25, 0.3) is 0 Å². The summed E-state index contributed by atoms with van der Waals surface area (Å²) < 4.78 is 0.994. The first-order valence-corrected chi connectivity index (χ1v) is 5.98. The van der Waals surface area contributed by atoms with E-state index in [2.05, 4.69) is 28.2 Å². The molecule has 0 aliphatic heterocycles. The molecule has 1 aromatic carbocycles. The lowest BCUT2D eigenvalue weighted by atomic mass is 10.2. The van der Waals surface area contributed by atoms with Crippen LogP contribution in [0.15, 0.2) is 22.7 Å². The lowest BCUT2D eigenvalue weighted by molar-refractivity contribution is -0.116. The van der Waals surface area contributed by atoms with Crippen molar-refractivity contribution in [3.63, 3.8) is 0 Å². The number of halogens is 1. The summed E-state index contributed by atoms with van der Waals surface area (Å²) in [4.78, 5) is 11.5. The van der Waals surface area contributed by atoms with Crippen molar-refractivity contribution < 1.29 is 4.79 Å². The number of aryl methyl sites for hydroxylation is 1. The summed E-state index contributed by atoms with van der Waals surface area (Å²) in [5.74, 6) is 0.0920. The predicted molar refractivity (Wildman–Crippen MR) is 67.0 cm³/mol. The van der Waals surface area contributed by atoms with Crippen LogP contribution in [0, 0.1) is 6.92 Å². The van der Waals surface area contributed by atoms with Gasteiger partial charge in [0.05, 0.1) is 0 Å². The first-order valence-electron chi connectivity index (χ1n) is 5.19. The van der Waals surface area contributed by atoms with E-state index in [9.17, 15) is 4.79 Å². The van der Waals surface area contributed by atoms with Crippen LogP contribution in [-0.2, 0) is 4.79 Å². The summed E-state index contributed by atoms with van der Waals surface area (Å²) in [5, 5.41) is 2.89. The van der Waals surface area contributed by atoms with Crippen LogP contribution in [0.1, 0.15) is 31.7 Å². The highest BCUT2D eigenvalue weighted by Gasteiger charge is 2.02. The Morgan fingerprint density at radius 3 is 2.73 bits per heavy atom. The van der Waals surface area contributed by atoms with Gasteiger partial charge < -0.3 is 5.32 Å². The third kappa shape index (κ3) is 4.47. The molecule has 0 atom stereocenters. The summed E-state index contributed by atoms with van der Waals surface area (Å²) >= 11 is 3.40. The molecule has 82 valence electrons. The van der Waals surface area contributed by atoms with E-state index in [0.717, 1.165) is 28.6 Å². The highest BCUT2D eigenvalue weighted by atomic mass is 79.9. The van der Waals surface area contributed by atoms with Gasteiger partial charge in [-0.2, -0.15) is 0 Å². The Bertz CT molecular complexity index is 329. The third-order valence-electron chi connectivity index (χ3n) is 2.08. The smallest absolute Gasteiger partial charge is 0.224 e. The van der Waals surface area contributed by atoms with Gasteiger partial charge in [-0.25, -0.2) is 0 Å². The summed E-state index contributed by atoms with van der Waals surface area (Å²) in [7, 11) is 0. The summed E-state index contributed by atoms with van der Waals surface area (Å²) in [6.07, 6.45) is 2.59. The molecule has 0 fully saturated rings. The summed E-state index contributed by atoms with van der Waals surface area (Å²) in [5.41, 5.74) is 2.00. The van der Waals surface area contributed by atoms with Crippen LogP contribution >= 0.6 is 15.9 Å². The second-order valence-electron chi connectivity index (χ2n) is 3.67. The maximum absolute atomic E-state index is 11.5. The quantitative estimate of drug-likeness (QED) is 0.883. The maximum Gasteiger partial charge on any atom is 0.224 e. The van der Waals surface area contributed by atoms with Crippen LogP contribution in [0.4, 0.5) is 5.69 Å². The summed E-state index contributed by atoms with van der Waals surface area (Å²) in [6, 6.07) is 5.90. The van der Waals surface area contributed by atoms with Gasteiger partial charge in [-0.05, 0) is 37.1 Å². The molecule has 3 heteroatoms. The zero-order chi connectivity index (χ0) is 11.3. The van der Waals surface area contributed by atoms with Crippen LogP contribution < -0.4 is 5.32 Å². The number of hydrogen-bond donors (Lipinski definition) is 1. The van der Waals surface area contributed by atoms with Gasteiger partial charge in [0.2, 0.25) is 5.91 Å². The van der Waals surface area contributed by atoms with Gasteiger partial charge in [0.15, 0.2) is 0 Å². The molecule has 0 bridgehead atoms. The fourth-order valence-corrected chi connectivity index (χ4v) is 1.98. The second-order valence-corrected chi connectivity index (χ2v) is 4.58. The molecule has 0 saturated carbocycles. The second kappa shape index (κ2) is 5.91. The molecule has 0 aliphatic carbocycles. The largest absolute Gasteiger partial charge is 0.326 e. The zero-order valence-corrected chi connectivity index (χ0v) is 10.7. The number of carbonyl (C=O) groups excluding carboxylic acids is 1. The number of benzene rings is 1. The third-order valence-corrected chi connectivity index (χ3v) is 2.54. The average molecular weight is 270 g/mol. The Labute approximate surface area is 99.2 Å². The lowest BCUT2D eigenvalue weighted by Gasteiger charge is -2.06. The highest BCUT2D eigenvalue weighted by Crippen LogP contribution is 2.19. The van der Waals surface area contributed by atoms with Gasteiger partial charge in [-0.15, -0.1) is 0 Å². The van der Waals surface area contributed by atoms with Crippen LogP contribution in [0.25, 0.3) is 0 Å². The van der Waals surface area contributed by atoms with Crippen LogP contribution in [0.5, 0.6) is 0 Å². The maximum atomic E-state index is 11.5. The minimum atomic E-state index is 0.0920. The van der Waals surface area contributed by atoms with E-state index in [1.54, 1.807) is 0 Å². The molecule has 1 rings (SSSR count). The number of anilines is 1. The Morgan fingerprint density at radius 1 is 1.40 bits per heavy atom. The molecule has 2 nitrogen and oxygen atoms in total. The summed E-state index contributed by atoms with van der Waals surface area (Å²) in [6.45, 7) is 4.09. The number of hydrogen-bond acceptors (Lipinski definition) is 1. The topological polar surface area (TPSA) is 29.1 Å². The molecule has 0 unspecified atom stereocenters. The van der Waals surface area contributed by atoms with E-state index in [0.29, 0.717) is 6.42 Å². The molecule has 1 amide bonds. The van der Waals surface area contributed by atoms with Gasteiger partial charge in [0.1, 0.15) is 0 Å². The number of nitrogens with one attached hydrogen (secondary N) is 1. The van der Waals surface area contributed by atoms with E-state index in [1.165, 1.54) is 0 Å². The van der Waals surface area contributed by atoms with Crippen molar-refractivity contribution in [3.8, 4) is 0 Å². The highest BCUT2D eigenvalue weighted by molar-refractivity contribution is 9.10. The Kier molecular flexibility index (Phi) is 4.82. The fourth-order valence-electron chi connectivity index (χ4n) is 1.37. The fraction of sp³-hybridized carbons (Fsp3) is 0.417. The lowest BCUT2D eigenvalue weighted by Crippen LogP contribution is -2.10. The van der Waals surface area contributed by atoms with E-state index in [4.69, 9.17) is 0 Å². The van der Waals surface area contributed by atoms with E-state index >= 15 is 0 Å². The van der Waals surface area contributed by atoms with Crippen molar-refractivity contribution in [1.82, 2.24) is 0 Å². The molecule has 0 radical (unpaired) electrons. The molecule has 0 aromatic heterocycles. The van der Waals surface area contributed by atoms with Crippen LogP contribution in [0.3, 0.4) is 0 Å². The van der Waals surface area contributed by atoms with Crippen molar-refractivity contribution in [2.45, 2.75) is 33.1 Å². The van der Waals surface area contributed by atoms with Crippen molar-refractivity contribution in [1.29, 1.82) is 0 Å². The van der Waals surface area contributed by atoms with E-state index < -0.39 is 0 Å². The molecular formula is C12H16BrNO. The number of carbonyl (C=O) groups is 1. The molecule has 1 N–H and O–H groups in total. The Morgan fingerprint density at radius 2 is 2.13 bits per heavy atom. The van der Waals surface area contributed by atoms with Crippen molar-refractivity contribution in [2.24, 2.45) is 0 Å². The number of amides is 1. The molecule has 0 saturated heterocycles. The van der Waals surface area contributed by atoms with Crippen molar-refractivity contribution in [2.75, 3.05) is 5.32 Å². The molecule has 0 spiro atoms. The van der Waals surface area contributed by atoms with Gasteiger partial charge >= 0.3 is 0 Å². The van der Waals surface area contributed by atoms with Crippen LogP contribution in [0.2, 0.25) is 0 Å². The number of rotatable bonds is 4. The molecule has 15 heavy (non-hydrogen) atoms. The molecule has 0 heterocycles. The van der Waals surface area contributed by atoms with E-state index in [-0.39, 0.29) is 5.91 Å². The first-order chi connectivity index (χ1) is 7.11. The van der Waals surface area contributed by atoms with Crippen molar-refractivity contribution in [3.05, 3.63) is 28.2 Å². The van der Waals surface area contributed by atoms with Crippen molar-refractivity contribution >= 4 is 27.5 Å². The molecule has 0 aliphatic rings. The first kappa shape index (κ1) is 12.2. The Hall–Kier alpha value is -0.830. The molecular weight excluding hydrogens is 254 g/mol. The van der Waals surface area contributed by atoms with Gasteiger partial charge in [-0.1, -0.05) is 29.3 Å². The Balaban J connectivity index is 2.60. The van der Waals surface area contributed by atoms with Gasteiger partial charge in [-0.3, -0.25) is 4.79 Å². The van der Waals surface area contributed by atoms with Crippen LogP contribution in [-0.4, -0.2) is 5.91 Å². The predicted octanol–water partition coefficient (Wildman–Crippen LogP) is 3.89.